The minimum atomic E-state index is -4.47. The Balaban J connectivity index is 1.64. The fraction of sp³-hybridized carbons (Fsp3) is 0.480. The highest BCUT2D eigenvalue weighted by molar-refractivity contribution is 6.07. The second kappa shape index (κ2) is 10.6. The van der Waals surface area contributed by atoms with Crippen molar-refractivity contribution in [3.05, 3.63) is 41.1 Å². The van der Waals surface area contributed by atoms with Crippen LogP contribution in [0.2, 0.25) is 0 Å². The number of imidazole rings is 1. The number of fused-ring (bicyclic) bond motifs is 1. The van der Waals surface area contributed by atoms with Crippen LogP contribution < -0.4 is 21.3 Å². The molecule has 0 saturated carbocycles. The Morgan fingerprint density at radius 2 is 2.08 bits per heavy atom. The van der Waals surface area contributed by atoms with Gasteiger partial charge in [0, 0.05) is 38.2 Å². The van der Waals surface area contributed by atoms with Gasteiger partial charge in [-0.1, -0.05) is 30.2 Å². The summed E-state index contributed by atoms with van der Waals surface area (Å²) in [7, 11) is 1.66. The summed E-state index contributed by atoms with van der Waals surface area (Å²) < 4.78 is 42.3. The monoisotopic (exact) mass is 501 g/mol. The van der Waals surface area contributed by atoms with Gasteiger partial charge in [0.05, 0.1) is 18.8 Å². The largest absolute Gasteiger partial charge is 0.411 e. The standard InChI is InChI=1S/C25H30F3N7O/c1-3-4-12-35-21(22(30-2)33-24(35)34-11-7-9-17(29)15-34)23(36)31-14-19-18-10-6-5-8-16(18)13-20(32-19)25(26,27)28/h5-6,8,10,17,20,30H,7,9,11-15,29H2,1-2H3,(H,31,36). The van der Waals surface area contributed by atoms with Crippen molar-refractivity contribution >= 4 is 23.4 Å². The lowest BCUT2D eigenvalue weighted by atomic mass is 9.93. The molecule has 8 nitrogen and oxygen atoms in total. The van der Waals surface area contributed by atoms with Gasteiger partial charge in [-0.3, -0.25) is 14.4 Å². The summed E-state index contributed by atoms with van der Waals surface area (Å²) in [5, 5.41) is 5.74. The minimum absolute atomic E-state index is 0.00225. The van der Waals surface area contributed by atoms with E-state index >= 15 is 0 Å². The van der Waals surface area contributed by atoms with Crippen LogP contribution in [0.25, 0.3) is 0 Å². The summed E-state index contributed by atoms with van der Waals surface area (Å²) in [4.78, 5) is 24.1. The van der Waals surface area contributed by atoms with E-state index in [-0.39, 0.29) is 37.0 Å². The first kappa shape index (κ1) is 25.6. The van der Waals surface area contributed by atoms with Gasteiger partial charge in [0.25, 0.3) is 5.91 Å². The van der Waals surface area contributed by atoms with Crippen molar-refractivity contribution < 1.29 is 18.0 Å². The van der Waals surface area contributed by atoms with Gasteiger partial charge in [-0.25, -0.2) is 0 Å². The molecule has 3 heterocycles. The maximum Gasteiger partial charge on any atom is 0.411 e. The van der Waals surface area contributed by atoms with Gasteiger partial charge in [0.1, 0.15) is 6.04 Å². The lowest BCUT2D eigenvalue weighted by Crippen LogP contribution is -2.44. The quantitative estimate of drug-likeness (QED) is 0.529. The molecular formula is C25H30F3N7O. The van der Waals surface area contributed by atoms with Gasteiger partial charge in [-0.15, -0.1) is 5.92 Å². The molecule has 0 radical (unpaired) electrons. The Hall–Kier alpha value is -3.52. The van der Waals surface area contributed by atoms with Crippen LogP contribution in [0.15, 0.2) is 29.3 Å². The summed E-state index contributed by atoms with van der Waals surface area (Å²) in [6, 6.07) is 5.00. The van der Waals surface area contributed by atoms with Crippen molar-refractivity contribution in [1.82, 2.24) is 14.9 Å². The molecule has 36 heavy (non-hydrogen) atoms. The topological polar surface area (TPSA) is 101 Å². The van der Waals surface area contributed by atoms with Crippen molar-refractivity contribution in [3.63, 3.8) is 0 Å². The molecule has 1 aromatic carbocycles. The van der Waals surface area contributed by atoms with E-state index in [4.69, 9.17) is 5.73 Å². The van der Waals surface area contributed by atoms with Gasteiger partial charge in [-0.05, 0) is 25.3 Å². The number of anilines is 2. The Morgan fingerprint density at radius 3 is 2.78 bits per heavy atom. The number of carbonyl (C=O) groups is 1. The third-order valence-electron chi connectivity index (χ3n) is 6.40. The van der Waals surface area contributed by atoms with Crippen molar-refractivity contribution in [1.29, 1.82) is 0 Å². The number of nitrogens with two attached hydrogens (primary N) is 1. The Bertz CT molecular complexity index is 1210. The molecule has 2 aliphatic heterocycles. The summed E-state index contributed by atoms with van der Waals surface area (Å²) in [5.74, 6) is 6.29. The highest BCUT2D eigenvalue weighted by Gasteiger charge is 2.42. The van der Waals surface area contributed by atoms with Crippen LogP contribution in [0, 0.1) is 11.8 Å². The molecule has 2 atom stereocenters. The first-order valence-corrected chi connectivity index (χ1v) is 11.9. The third kappa shape index (κ3) is 5.33. The van der Waals surface area contributed by atoms with Crippen LogP contribution in [-0.4, -0.2) is 66.1 Å². The molecule has 1 aromatic heterocycles. The Morgan fingerprint density at radius 1 is 1.31 bits per heavy atom. The summed E-state index contributed by atoms with van der Waals surface area (Å²) in [5.41, 5.74) is 7.79. The number of hydrogen-bond acceptors (Lipinski definition) is 6. The SMILES string of the molecule is CC#CCn1c(N2CCCC(N)C2)nc(NC)c1C(=O)NCC1=NC(C(F)(F)F)Cc2ccccc21. The summed E-state index contributed by atoms with van der Waals surface area (Å²) in [6.45, 7) is 3.14. The molecule has 1 amide bonds. The number of nitrogens with one attached hydrogen (secondary N) is 2. The van der Waals surface area contributed by atoms with E-state index in [2.05, 4.69) is 32.5 Å². The number of amides is 1. The number of piperidine rings is 1. The molecule has 4 rings (SSSR count). The third-order valence-corrected chi connectivity index (χ3v) is 6.40. The number of aliphatic imine (C=N–C) groups is 1. The molecule has 1 saturated heterocycles. The fourth-order valence-corrected chi connectivity index (χ4v) is 4.66. The van der Waals surface area contributed by atoms with Crippen molar-refractivity contribution in [2.24, 2.45) is 10.7 Å². The number of hydrogen-bond donors (Lipinski definition) is 3. The normalized spacial score (nSPS) is 19.6. The van der Waals surface area contributed by atoms with Crippen LogP contribution in [-0.2, 0) is 13.0 Å². The number of nitrogens with zero attached hydrogens (tertiary/aromatic N) is 4. The lowest BCUT2D eigenvalue weighted by molar-refractivity contribution is -0.146. The van der Waals surface area contributed by atoms with Crippen LogP contribution in [0.3, 0.4) is 0 Å². The zero-order chi connectivity index (χ0) is 25.9. The Kier molecular flexibility index (Phi) is 7.54. The molecule has 2 aliphatic rings. The number of alkyl halides is 3. The van der Waals surface area contributed by atoms with Crippen molar-refractivity contribution in [2.75, 3.05) is 36.9 Å². The highest BCUT2D eigenvalue weighted by Crippen LogP contribution is 2.31. The minimum Gasteiger partial charge on any atom is -0.371 e. The zero-order valence-electron chi connectivity index (χ0n) is 20.3. The zero-order valence-corrected chi connectivity index (χ0v) is 20.3. The first-order chi connectivity index (χ1) is 17.2. The first-order valence-electron chi connectivity index (χ1n) is 11.9. The van der Waals surface area contributed by atoms with E-state index in [1.165, 1.54) is 0 Å². The number of carbonyl (C=O) groups excluding carboxylic acids is 1. The van der Waals surface area contributed by atoms with Gasteiger partial charge < -0.3 is 21.3 Å². The maximum absolute atomic E-state index is 13.5. The molecule has 192 valence electrons. The molecule has 4 N–H and O–H groups in total. The summed E-state index contributed by atoms with van der Waals surface area (Å²) >= 11 is 0. The smallest absolute Gasteiger partial charge is 0.371 e. The van der Waals surface area contributed by atoms with Crippen molar-refractivity contribution in [2.45, 2.75) is 51.0 Å². The number of halogens is 3. The number of benzene rings is 1. The molecular weight excluding hydrogens is 471 g/mol. The molecule has 0 bridgehead atoms. The molecule has 1 fully saturated rings. The van der Waals surface area contributed by atoms with Gasteiger partial charge in [0.2, 0.25) is 5.95 Å². The van der Waals surface area contributed by atoms with Gasteiger partial charge >= 0.3 is 6.18 Å². The van der Waals surface area contributed by atoms with Crippen molar-refractivity contribution in [3.8, 4) is 11.8 Å². The molecule has 0 aliphatic carbocycles. The molecule has 0 spiro atoms. The van der Waals surface area contributed by atoms with Crippen LogP contribution in [0.1, 0.15) is 41.4 Å². The summed E-state index contributed by atoms with van der Waals surface area (Å²) in [6.07, 6.45) is -2.86. The maximum atomic E-state index is 13.5. The van der Waals surface area contributed by atoms with E-state index in [9.17, 15) is 18.0 Å². The number of aromatic nitrogens is 2. The second-order valence-electron chi connectivity index (χ2n) is 8.90. The average Bonchev–Trinajstić information content (AvgIpc) is 3.23. The Labute approximate surface area is 208 Å². The van der Waals surface area contributed by atoms with Crippen LogP contribution in [0.4, 0.5) is 24.9 Å². The van der Waals surface area contributed by atoms with E-state index in [0.717, 1.165) is 19.4 Å². The molecule has 11 heteroatoms. The van der Waals surface area contributed by atoms with E-state index < -0.39 is 18.1 Å². The average molecular weight is 502 g/mol. The lowest BCUT2D eigenvalue weighted by Gasteiger charge is -2.31. The van der Waals surface area contributed by atoms with Gasteiger partial charge in [0.15, 0.2) is 11.5 Å². The van der Waals surface area contributed by atoms with E-state index in [1.54, 1.807) is 42.8 Å². The molecule has 2 aromatic rings. The number of rotatable bonds is 6. The highest BCUT2D eigenvalue weighted by atomic mass is 19.4. The second-order valence-corrected chi connectivity index (χ2v) is 8.90. The molecule has 2 unspecified atom stereocenters. The van der Waals surface area contributed by atoms with E-state index in [0.29, 0.717) is 29.4 Å². The fourth-order valence-electron chi connectivity index (χ4n) is 4.66. The van der Waals surface area contributed by atoms with Crippen LogP contribution in [0.5, 0.6) is 0 Å². The predicted octanol–water partition coefficient (Wildman–Crippen LogP) is 2.58. The van der Waals surface area contributed by atoms with E-state index in [1.807, 2.05) is 4.90 Å². The predicted molar refractivity (Wildman–Crippen MR) is 134 cm³/mol. The van der Waals surface area contributed by atoms with Crippen LogP contribution >= 0.6 is 0 Å². The van der Waals surface area contributed by atoms with Gasteiger partial charge in [-0.2, -0.15) is 18.2 Å².